The second-order valence-electron chi connectivity index (χ2n) is 6.78. The summed E-state index contributed by atoms with van der Waals surface area (Å²) >= 11 is 0. The molecule has 0 N–H and O–H groups in total. The van der Waals surface area contributed by atoms with Gasteiger partial charge in [-0.2, -0.15) is 0 Å². The molecule has 4 nitrogen and oxygen atoms in total. The van der Waals surface area contributed by atoms with Crippen molar-refractivity contribution in [1.82, 2.24) is 9.80 Å². The van der Waals surface area contributed by atoms with Crippen LogP contribution in [-0.4, -0.2) is 41.4 Å². The lowest BCUT2D eigenvalue weighted by molar-refractivity contribution is -0.143. The smallest absolute Gasteiger partial charge is 0.234 e. The number of carbonyl (C=O) groups is 2. The van der Waals surface area contributed by atoms with Crippen LogP contribution in [0.15, 0.2) is 12.2 Å². The topological polar surface area (TPSA) is 40.6 Å². The van der Waals surface area contributed by atoms with Gasteiger partial charge in [0.25, 0.3) is 0 Å². The van der Waals surface area contributed by atoms with Gasteiger partial charge in [0, 0.05) is 0 Å². The SMILES string of the molecule is O=C1[C@H]2[C@H](C(=O)N1CN1CCCCCC1)[C@H]1C=C[C@H]2C1. The Hall–Kier alpha value is -1.16. The number of amides is 2. The molecule has 20 heavy (non-hydrogen) atoms. The van der Waals surface area contributed by atoms with Gasteiger partial charge in [0.15, 0.2) is 0 Å². The van der Waals surface area contributed by atoms with Crippen molar-refractivity contribution >= 4 is 11.8 Å². The zero-order chi connectivity index (χ0) is 13.7. The maximum atomic E-state index is 12.6. The number of nitrogens with zero attached hydrogens (tertiary/aromatic N) is 2. The fraction of sp³-hybridized carbons (Fsp3) is 0.750. The zero-order valence-electron chi connectivity index (χ0n) is 11.8. The second-order valence-corrected chi connectivity index (χ2v) is 6.78. The van der Waals surface area contributed by atoms with E-state index in [-0.39, 0.29) is 23.7 Å². The molecule has 108 valence electrons. The highest BCUT2D eigenvalue weighted by molar-refractivity contribution is 6.06. The van der Waals surface area contributed by atoms with E-state index >= 15 is 0 Å². The van der Waals surface area contributed by atoms with Crippen molar-refractivity contribution in [1.29, 1.82) is 0 Å². The first kappa shape index (κ1) is 12.6. The number of imide groups is 1. The standard InChI is InChI=1S/C16H22N2O2/c19-15-13-11-5-6-12(9-11)14(13)16(20)18(15)10-17-7-3-1-2-4-8-17/h5-6,11-14H,1-4,7-10H2/t11-,12-,13+,14+/m0/s1. The summed E-state index contributed by atoms with van der Waals surface area (Å²) in [6.07, 6.45) is 10.3. The fourth-order valence-corrected chi connectivity index (χ4v) is 4.58. The third-order valence-corrected chi connectivity index (χ3v) is 5.60. The van der Waals surface area contributed by atoms with Crippen LogP contribution in [0.2, 0.25) is 0 Å². The molecule has 2 aliphatic carbocycles. The largest absolute Gasteiger partial charge is 0.286 e. The van der Waals surface area contributed by atoms with Gasteiger partial charge in [0.05, 0.1) is 18.5 Å². The number of likely N-dealkylation sites (tertiary alicyclic amines) is 2. The van der Waals surface area contributed by atoms with E-state index in [4.69, 9.17) is 0 Å². The van der Waals surface area contributed by atoms with E-state index in [0.29, 0.717) is 18.5 Å². The minimum atomic E-state index is -0.0375. The predicted octanol–water partition coefficient (Wildman–Crippen LogP) is 1.63. The van der Waals surface area contributed by atoms with Crippen molar-refractivity contribution in [2.24, 2.45) is 23.7 Å². The van der Waals surface area contributed by atoms with Crippen LogP contribution >= 0.6 is 0 Å². The number of rotatable bonds is 2. The van der Waals surface area contributed by atoms with Crippen LogP contribution in [0.1, 0.15) is 32.1 Å². The molecule has 4 aliphatic rings. The first-order valence-electron chi connectivity index (χ1n) is 8.01. The van der Waals surface area contributed by atoms with E-state index in [9.17, 15) is 9.59 Å². The van der Waals surface area contributed by atoms with E-state index in [0.717, 1.165) is 19.5 Å². The summed E-state index contributed by atoms with van der Waals surface area (Å²) in [5.74, 6) is 0.780. The Bertz CT molecular complexity index is 435. The quantitative estimate of drug-likeness (QED) is 0.567. The Morgan fingerprint density at radius 1 is 0.900 bits per heavy atom. The van der Waals surface area contributed by atoms with Crippen molar-refractivity contribution in [2.75, 3.05) is 19.8 Å². The van der Waals surface area contributed by atoms with Crippen LogP contribution in [0.4, 0.5) is 0 Å². The minimum Gasteiger partial charge on any atom is -0.286 e. The summed E-state index contributed by atoms with van der Waals surface area (Å²) in [7, 11) is 0. The number of fused-ring (bicyclic) bond motifs is 5. The van der Waals surface area contributed by atoms with Crippen molar-refractivity contribution < 1.29 is 9.59 Å². The Balaban J connectivity index is 1.50. The lowest BCUT2D eigenvalue weighted by Gasteiger charge is -2.26. The molecule has 2 saturated heterocycles. The van der Waals surface area contributed by atoms with Crippen molar-refractivity contribution in [2.45, 2.75) is 32.1 Å². The highest BCUT2D eigenvalue weighted by Crippen LogP contribution is 2.52. The normalized spacial score (nSPS) is 40.5. The summed E-state index contributed by atoms with van der Waals surface area (Å²) in [5.41, 5.74) is 0. The van der Waals surface area contributed by atoms with Gasteiger partial charge in [0.1, 0.15) is 0 Å². The maximum absolute atomic E-state index is 12.6. The van der Waals surface area contributed by atoms with Crippen LogP contribution in [0, 0.1) is 23.7 Å². The number of hydrogen-bond donors (Lipinski definition) is 0. The van der Waals surface area contributed by atoms with Gasteiger partial charge in [-0.1, -0.05) is 25.0 Å². The summed E-state index contributed by atoms with van der Waals surface area (Å²) in [4.78, 5) is 29.0. The van der Waals surface area contributed by atoms with Crippen LogP contribution in [-0.2, 0) is 9.59 Å². The Morgan fingerprint density at radius 3 is 2.00 bits per heavy atom. The monoisotopic (exact) mass is 274 g/mol. The number of allylic oxidation sites excluding steroid dienone is 2. The molecule has 1 saturated carbocycles. The molecule has 3 fully saturated rings. The summed E-state index contributed by atoms with van der Waals surface area (Å²) in [6, 6.07) is 0. The lowest BCUT2D eigenvalue weighted by Crippen LogP contribution is -2.43. The molecule has 0 aromatic carbocycles. The van der Waals surface area contributed by atoms with Gasteiger partial charge in [-0.15, -0.1) is 0 Å². The summed E-state index contributed by atoms with van der Waals surface area (Å²) in [6.45, 7) is 2.58. The average molecular weight is 274 g/mol. The summed E-state index contributed by atoms with van der Waals surface area (Å²) in [5, 5.41) is 0. The highest BCUT2D eigenvalue weighted by atomic mass is 16.2. The third-order valence-electron chi connectivity index (χ3n) is 5.60. The molecular formula is C16H22N2O2. The molecule has 0 spiro atoms. The van der Waals surface area contributed by atoms with Crippen LogP contribution in [0.5, 0.6) is 0 Å². The molecule has 0 aromatic rings. The van der Waals surface area contributed by atoms with Gasteiger partial charge >= 0.3 is 0 Å². The molecule has 4 atom stereocenters. The maximum Gasteiger partial charge on any atom is 0.234 e. The average Bonchev–Trinajstić information content (AvgIpc) is 3.04. The first-order valence-corrected chi connectivity index (χ1v) is 8.01. The molecule has 0 aromatic heterocycles. The fourth-order valence-electron chi connectivity index (χ4n) is 4.58. The Kier molecular flexibility index (Phi) is 2.95. The van der Waals surface area contributed by atoms with Crippen LogP contribution in [0.25, 0.3) is 0 Å². The van der Waals surface area contributed by atoms with Gasteiger partial charge < -0.3 is 0 Å². The van der Waals surface area contributed by atoms with Gasteiger partial charge in [-0.25, -0.2) is 0 Å². The van der Waals surface area contributed by atoms with Gasteiger partial charge in [-0.3, -0.25) is 19.4 Å². The van der Waals surface area contributed by atoms with E-state index in [2.05, 4.69) is 17.1 Å². The third kappa shape index (κ3) is 1.77. The lowest BCUT2D eigenvalue weighted by atomic mass is 9.85. The molecule has 2 amide bonds. The zero-order valence-corrected chi connectivity index (χ0v) is 11.8. The molecule has 2 heterocycles. The number of hydrogen-bond acceptors (Lipinski definition) is 3. The Morgan fingerprint density at radius 2 is 1.45 bits per heavy atom. The number of carbonyl (C=O) groups excluding carboxylic acids is 2. The van der Waals surface area contributed by atoms with Crippen molar-refractivity contribution in [3.63, 3.8) is 0 Å². The predicted molar refractivity (Wildman–Crippen MR) is 74.5 cm³/mol. The first-order chi connectivity index (χ1) is 9.75. The molecule has 4 rings (SSSR count). The molecule has 2 aliphatic heterocycles. The molecular weight excluding hydrogens is 252 g/mol. The van der Waals surface area contributed by atoms with E-state index < -0.39 is 0 Å². The van der Waals surface area contributed by atoms with E-state index in [1.807, 2.05) is 0 Å². The minimum absolute atomic E-state index is 0.0375. The molecule has 2 bridgehead atoms. The highest BCUT2D eigenvalue weighted by Gasteiger charge is 2.59. The molecule has 0 unspecified atom stereocenters. The van der Waals surface area contributed by atoms with Crippen LogP contribution in [0.3, 0.4) is 0 Å². The second kappa shape index (κ2) is 4.69. The Labute approximate surface area is 119 Å². The van der Waals surface area contributed by atoms with Gasteiger partial charge in [0.2, 0.25) is 11.8 Å². The van der Waals surface area contributed by atoms with E-state index in [1.165, 1.54) is 25.7 Å². The van der Waals surface area contributed by atoms with E-state index in [1.54, 1.807) is 4.90 Å². The molecule has 4 heteroatoms. The molecule has 0 radical (unpaired) electrons. The van der Waals surface area contributed by atoms with Crippen molar-refractivity contribution in [3.05, 3.63) is 12.2 Å². The van der Waals surface area contributed by atoms with Crippen LogP contribution < -0.4 is 0 Å². The summed E-state index contributed by atoms with van der Waals surface area (Å²) < 4.78 is 0. The van der Waals surface area contributed by atoms with Crippen molar-refractivity contribution in [3.8, 4) is 0 Å². The van der Waals surface area contributed by atoms with Gasteiger partial charge in [-0.05, 0) is 44.2 Å².